The molecule has 1 heterocycles. The summed E-state index contributed by atoms with van der Waals surface area (Å²) in [6.07, 6.45) is -1.80. The summed E-state index contributed by atoms with van der Waals surface area (Å²) in [5.74, 6) is -2.63. The van der Waals surface area contributed by atoms with Gasteiger partial charge in [0.25, 0.3) is 11.8 Å². The maximum absolute atomic E-state index is 12.0. The van der Waals surface area contributed by atoms with Gasteiger partial charge in [-0.15, -0.1) is 0 Å². The van der Waals surface area contributed by atoms with E-state index in [1.807, 2.05) is 0 Å². The molecule has 94 valence electrons. The highest BCUT2D eigenvalue weighted by Crippen LogP contribution is 2.25. The van der Waals surface area contributed by atoms with Crippen molar-refractivity contribution in [2.45, 2.75) is 19.1 Å². The molecule has 0 saturated heterocycles. The molecule has 6 heteroatoms. The molecule has 0 aliphatic carbocycles. The zero-order chi connectivity index (χ0) is 13.4. The third kappa shape index (κ3) is 1.67. The third-order valence-electron chi connectivity index (χ3n) is 2.94. The normalized spacial score (nSPS) is 17.6. The van der Waals surface area contributed by atoms with Crippen LogP contribution >= 0.6 is 0 Å². The summed E-state index contributed by atoms with van der Waals surface area (Å²) in [5, 5.41) is 18.1. The first-order valence-electron chi connectivity index (χ1n) is 5.33. The van der Waals surface area contributed by atoms with E-state index < -0.39 is 29.9 Å². The molecular formula is C12H11NO5. The number of rotatable bonds is 3. The Morgan fingerprint density at radius 1 is 1.17 bits per heavy atom. The standard InChI is InChI=1S/C12H11NO5/c1-6(9(14)12(17)18)13-10(15)7-4-2-3-5-8(7)11(13)16/h2-6,9,14H,1H3,(H,17,18)/t6?,9-/m0/s1. The summed E-state index contributed by atoms with van der Waals surface area (Å²) in [5.41, 5.74) is 0.457. The van der Waals surface area contributed by atoms with E-state index in [4.69, 9.17) is 5.11 Å². The number of aliphatic carboxylic acids is 1. The minimum absolute atomic E-state index is 0.229. The van der Waals surface area contributed by atoms with Crippen molar-refractivity contribution in [1.29, 1.82) is 0 Å². The Hall–Kier alpha value is -2.21. The topological polar surface area (TPSA) is 94.9 Å². The highest BCUT2D eigenvalue weighted by molar-refractivity contribution is 6.21. The number of aliphatic hydroxyl groups excluding tert-OH is 1. The molecule has 2 amide bonds. The molecular weight excluding hydrogens is 238 g/mol. The van der Waals surface area contributed by atoms with Crippen molar-refractivity contribution in [3.63, 3.8) is 0 Å². The van der Waals surface area contributed by atoms with E-state index in [0.29, 0.717) is 0 Å². The maximum atomic E-state index is 12.0. The van der Waals surface area contributed by atoms with Gasteiger partial charge in [0, 0.05) is 0 Å². The van der Waals surface area contributed by atoms with Gasteiger partial charge < -0.3 is 10.2 Å². The molecule has 18 heavy (non-hydrogen) atoms. The molecule has 0 saturated carbocycles. The summed E-state index contributed by atoms with van der Waals surface area (Å²) in [7, 11) is 0. The van der Waals surface area contributed by atoms with Crippen LogP contribution in [0.4, 0.5) is 0 Å². The van der Waals surface area contributed by atoms with Crippen molar-refractivity contribution in [3.05, 3.63) is 35.4 Å². The van der Waals surface area contributed by atoms with Crippen LogP contribution in [0.3, 0.4) is 0 Å². The lowest BCUT2D eigenvalue weighted by Gasteiger charge is -2.24. The number of imide groups is 1. The summed E-state index contributed by atoms with van der Waals surface area (Å²) in [6.45, 7) is 1.32. The molecule has 2 rings (SSSR count). The van der Waals surface area contributed by atoms with E-state index in [0.717, 1.165) is 4.90 Å². The molecule has 1 aromatic carbocycles. The van der Waals surface area contributed by atoms with Gasteiger partial charge in [0.05, 0.1) is 17.2 Å². The lowest BCUT2D eigenvalue weighted by atomic mass is 10.1. The molecule has 0 spiro atoms. The first kappa shape index (κ1) is 12.3. The number of aliphatic hydroxyl groups is 1. The lowest BCUT2D eigenvalue weighted by Crippen LogP contribution is -2.48. The van der Waals surface area contributed by atoms with Crippen LogP contribution in [0.2, 0.25) is 0 Å². The number of amides is 2. The van der Waals surface area contributed by atoms with Gasteiger partial charge in [-0.05, 0) is 19.1 Å². The second-order valence-electron chi connectivity index (χ2n) is 4.05. The van der Waals surface area contributed by atoms with Crippen molar-refractivity contribution in [2.24, 2.45) is 0 Å². The number of benzene rings is 1. The van der Waals surface area contributed by atoms with Gasteiger partial charge in [-0.2, -0.15) is 0 Å². The highest BCUT2D eigenvalue weighted by Gasteiger charge is 2.41. The predicted molar refractivity (Wildman–Crippen MR) is 60.0 cm³/mol. The van der Waals surface area contributed by atoms with E-state index in [-0.39, 0.29) is 11.1 Å². The van der Waals surface area contributed by atoms with Crippen molar-refractivity contribution < 1.29 is 24.6 Å². The van der Waals surface area contributed by atoms with Crippen molar-refractivity contribution in [1.82, 2.24) is 4.90 Å². The molecule has 1 aromatic rings. The predicted octanol–water partition coefficient (Wildman–Crippen LogP) is 0.117. The van der Waals surface area contributed by atoms with Gasteiger partial charge in [-0.25, -0.2) is 4.79 Å². The number of hydrogen-bond donors (Lipinski definition) is 2. The average molecular weight is 249 g/mol. The Balaban J connectivity index is 2.37. The Morgan fingerprint density at radius 2 is 1.61 bits per heavy atom. The summed E-state index contributed by atoms with van der Waals surface area (Å²) >= 11 is 0. The van der Waals surface area contributed by atoms with Crippen LogP contribution in [-0.2, 0) is 4.79 Å². The lowest BCUT2D eigenvalue weighted by molar-refractivity contribution is -0.148. The molecule has 1 aliphatic heterocycles. The number of carbonyl (C=O) groups is 3. The van der Waals surface area contributed by atoms with Crippen LogP contribution in [-0.4, -0.2) is 45.0 Å². The van der Waals surface area contributed by atoms with Gasteiger partial charge in [-0.1, -0.05) is 12.1 Å². The molecule has 0 aromatic heterocycles. The number of carboxylic acids is 1. The van der Waals surface area contributed by atoms with Crippen molar-refractivity contribution in [2.75, 3.05) is 0 Å². The van der Waals surface area contributed by atoms with E-state index in [1.54, 1.807) is 12.1 Å². The fourth-order valence-electron chi connectivity index (χ4n) is 1.93. The molecule has 2 N–H and O–H groups in total. The monoisotopic (exact) mass is 249 g/mol. The highest BCUT2D eigenvalue weighted by atomic mass is 16.4. The zero-order valence-electron chi connectivity index (χ0n) is 9.53. The van der Waals surface area contributed by atoms with Crippen molar-refractivity contribution >= 4 is 17.8 Å². The van der Waals surface area contributed by atoms with Gasteiger partial charge in [0.2, 0.25) is 0 Å². The van der Waals surface area contributed by atoms with E-state index >= 15 is 0 Å². The van der Waals surface area contributed by atoms with Crippen LogP contribution in [0, 0.1) is 0 Å². The third-order valence-corrected chi connectivity index (χ3v) is 2.94. The summed E-state index contributed by atoms with van der Waals surface area (Å²) in [6, 6.07) is 5.11. The van der Waals surface area contributed by atoms with Crippen molar-refractivity contribution in [3.8, 4) is 0 Å². The van der Waals surface area contributed by atoms with Crippen LogP contribution in [0.5, 0.6) is 0 Å². The SMILES string of the molecule is CC([C@H](O)C(=O)O)N1C(=O)c2ccccc2C1=O. The molecule has 0 radical (unpaired) electrons. The molecule has 0 bridgehead atoms. The summed E-state index contributed by atoms with van der Waals surface area (Å²) in [4.78, 5) is 35.4. The van der Waals surface area contributed by atoms with Crippen LogP contribution < -0.4 is 0 Å². The molecule has 6 nitrogen and oxygen atoms in total. The molecule has 0 fully saturated rings. The maximum Gasteiger partial charge on any atom is 0.334 e. The van der Waals surface area contributed by atoms with Gasteiger partial charge in [0.1, 0.15) is 0 Å². The first-order valence-corrected chi connectivity index (χ1v) is 5.33. The van der Waals surface area contributed by atoms with Gasteiger partial charge >= 0.3 is 5.97 Å². The zero-order valence-corrected chi connectivity index (χ0v) is 9.53. The van der Waals surface area contributed by atoms with Crippen LogP contribution in [0.1, 0.15) is 27.6 Å². The number of hydrogen-bond acceptors (Lipinski definition) is 4. The van der Waals surface area contributed by atoms with E-state index in [1.165, 1.54) is 19.1 Å². The molecule has 1 unspecified atom stereocenters. The molecule has 1 aliphatic rings. The Kier molecular flexibility index (Phi) is 2.88. The Bertz CT molecular complexity index is 504. The number of fused-ring (bicyclic) bond motifs is 1. The van der Waals surface area contributed by atoms with Crippen LogP contribution in [0.15, 0.2) is 24.3 Å². The fraction of sp³-hybridized carbons (Fsp3) is 0.250. The number of nitrogens with zero attached hydrogens (tertiary/aromatic N) is 1. The second-order valence-corrected chi connectivity index (χ2v) is 4.05. The second kappa shape index (κ2) is 4.23. The quantitative estimate of drug-likeness (QED) is 0.742. The minimum Gasteiger partial charge on any atom is -0.479 e. The average Bonchev–Trinajstić information content (AvgIpc) is 2.61. The van der Waals surface area contributed by atoms with Gasteiger partial charge in [-0.3, -0.25) is 14.5 Å². The van der Waals surface area contributed by atoms with E-state index in [9.17, 15) is 19.5 Å². The smallest absolute Gasteiger partial charge is 0.334 e. The fourth-order valence-corrected chi connectivity index (χ4v) is 1.93. The number of carboxylic acid groups (broad SMARTS) is 1. The Labute approximate surface area is 102 Å². The van der Waals surface area contributed by atoms with E-state index in [2.05, 4.69) is 0 Å². The summed E-state index contributed by atoms with van der Waals surface area (Å²) < 4.78 is 0. The minimum atomic E-state index is -1.80. The van der Waals surface area contributed by atoms with Gasteiger partial charge in [0.15, 0.2) is 6.10 Å². The largest absolute Gasteiger partial charge is 0.479 e. The molecule has 2 atom stereocenters. The van der Waals surface area contributed by atoms with Crippen LogP contribution in [0.25, 0.3) is 0 Å². The first-order chi connectivity index (χ1) is 8.45. The number of carbonyl (C=O) groups excluding carboxylic acids is 2. The Morgan fingerprint density at radius 3 is 2.00 bits per heavy atom.